The molecule has 4 nitrogen and oxygen atoms in total. The van der Waals surface area contributed by atoms with E-state index in [1.54, 1.807) is 17.3 Å². The summed E-state index contributed by atoms with van der Waals surface area (Å²) in [4.78, 5) is 18.8. The van der Waals surface area contributed by atoms with Crippen LogP contribution in [0.1, 0.15) is 15.9 Å². The Balaban J connectivity index is 1.76. The second kappa shape index (κ2) is 8.92. The van der Waals surface area contributed by atoms with Crippen molar-refractivity contribution in [2.24, 2.45) is 0 Å². The van der Waals surface area contributed by atoms with Crippen molar-refractivity contribution in [2.75, 3.05) is 19.7 Å². The van der Waals surface area contributed by atoms with Crippen molar-refractivity contribution in [3.63, 3.8) is 0 Å². The molecule has 0 spiro atoms. The third-order valence-corrected chi connectivity index (χ3v) is 4.26. The number of benzene rings is 2. The Morgan fingerprint density at radius 3 is 2.27 bits per heavy atom. The molecule has 3 aromatic rings. The van der Waals surface area contributed by atoms with Gasteiger partial charge >= 0.3 is 0 Å². The van der Waals surface area contributed by atoms with Gasteiger partial charge in [0.15, 0.2) is 0 Å². The fraction of sp³-hybridized carbons (Fsp3) is 0.182. The molecule has 2 aromatic carbocycles. The quantitative estimate of drug-likeness (QED) is 0.713. The van der Waals surface area contributed by atoms with Crippen molar-refractivity contribution in [1.82, 2.24) is 9.88 Å². The van der Waals surface area contributed by atoms with Crippen LogP contribution in [0, 0.1) is 0 Å². The van der Waals surface area contributed by atoms with Crippen molar-refractivity contribution in [3.8, 4) is 11.1 Å². The molecule has 0 atom stereocenters. The number of pyridine rings is 1. The van der Waals surface area contributed by atoms with Crippen molar-refractivity contribution in [2.45, 2.75) is 6.42 Å². The predicted molar refractivity (Wildman–Crippen MR) is 103 cm³/mol. The van der Waals surface area contributed by atoms with Gasteiger partial charge in [0.1, 0.15) is 0 Å². The van der Waals surface area contributed by atoms with Crippen LogP contribution in [0.3, 0.4) is 0 Å². The lowest BCUT2D eigenvalue weighted by atomic mass is 10.1. The SMILES string of the molecule is O=C(c1cncc(-c2ccccc2)c1)N(CCO)CCc1ccccc1. The second-order valence-corrected chi connectivity index (χ2v) is 6.08. The number of nitrogens with zero attached hydrogens (tertiary/aromatic N) is 2. The third kappa shape index (κ3) is 4.55. The molecule has 0 aliphatic heterocycles. The van der Waals surface area contributed by atoms with Crippen LogP contribution in [0.5, 0.6) is 0 Å². The first-order chi connectivity index (χ1) is 12.8. The minimum absolute atomic E-state index is 0.0632. The number of amides is 1. The topological polar surface area (TPSA) is 53.4 Å². The van der Waals surface area contributed by atoms with E-state index in [9.17, 15) is 9.90 Å². The summed E-state index contributed by atoms with van der Waals surface area (Å²) >= 11 is 0. The van der Waals surface area contributed by atoms with E-state index in [1.807, 2.05) is 66.7 Å². The number of aromatic nitrogens is 1. The maximum atomic E-state index is 12.9. The predicted octanol–water partition coefficient (Wildman–Crippen LogP) is 3.43. The molecule has 0 fully saturated rings. The van der Waals surface area contributed by atoms with E-state index in [1.165, 1.54) is 5.56 Å². The summed E-state index contributed by atoms with van der Waals surface area (Å²) in [6, 6.07) is 21.7. The first-order valence-corrected chi connectivity index (χ1v) is 8.72. The minimum Gasteiger partial charge on any atom is -0.395 e. The molecule has 0 aliphatic carbocycles. The molecule has 0 saturated heterocycles. The Hall–Kier alpha value is -2.98. The summed E-state index contributed by atoms with van der Waals surface area (Å²) in [5.41, 5.74) is 3.63. The lowest BCUT2D eigenvalue weighted by molar-refractivity contribution is 0.0723. The summed E-state index contributed by atoms with van der Waals surface area (Å²) < 4.78 is 0. The van der Waals surface area contributed by atoms with Crippen LogP contribution in [0.2, 0.25) is 0 Å². The van der Waals surface area contributed by atoms with Crippen molar-refractivity contribution in [1.29, 1.82) is 0 Å². The molecule has 0 bridgehead atoms. The summed E-state index contributed by atoms with van der Waals surface area (Å²) in [5.74, 6) is -0.111. The smallest absolute Gasteiger partial charge is 0.255 e. The molecule has 1 heterocycles. The van der Waals surface area contributed by atoms with Gasteiger partial charge in [0.05, 0.1) is 12.2 Å². The molecule has 1 N–H and O–H groups in total. The Morgan fingerprint density at radius 2 is 1.58 bits per heavy atom. The average molecular weight is 346 g/mol. The Morgan fingerprint density at radius 1 is 0.885 bits per heavy atom. The molecule has 0 unspecified atom stereocenters. The molecular formula is C22H22N2O2. The molecule has 1 aromatic heterocycles. The van der Waals surface area contributed by atoms with Gasteiger partial charge in [-0.05, 0) is 23.6 Å². The van der Waals surface area contributed by atoms with E-state index in [4.69, 9.17) is 0 Å². The highest BCUT2D eigenvalue weighted by Crippen LogP contribution is 2.19. The van der Waals surface area contributed by atoms with Gasteiger partial charge in [-0.15, -0.1) is 0 Å². The van der Waals surface area contributed by atoms with E-state index in [0.29, 0.717) is 18.7 Å². The highest BCUT2D eigenvalue weighted by Gasteiger charge is 2.16. The van der Waals surface area contributed by atoms with Crippen LogP contribution >= 0.6 is 0 Å². The first-order valence-electron chi connectivity index (χ1n) is 8.72. The Labute approximate surface area is 153 Å². The number of rotatable bonds is 7. The molecule has 0 saturated carbocycles. The maximum absolute atomic E-state index is 12.9. The van der Waals surface area contributed by atoms with Gasteiger partial charge in [-0.2, -0.15) is 0 Å². The standard InChI is InChI=1S/C22H22N2O2/c25-14-13-24(12-11-18-7-3-1-4-8-18)22(26)21-15-20(16-23-17-21)19-9-5-2-6-10-19/h1-10,15-17,25H,11-14H2. The van der Waals surface area contributed by atoms with E-state index in [2.05, 4.69) is 4.98 Å². The number of hydrogen-bond donors (Lipinski definition) is 1. The fourth-order valence-corrected chi connectivity index (χ4v) is 2.87. The van der Waals surface area contributed by atoms with Gasteiger partial charge in [0, 0.05) is 31.0 Å². The van der Waals surface area contributed by atoms with Crippen LogP contribution < -0.4 is 0 Å². The molecule has 132 valence electrons. The van der Waals surface area contributed by atoms with E-state index < -0.39 is 0 Å². The van der Waals surface area contributed by atoms with Crippen LogP contribution in [0.4, 0.5) is 0 Å². The zero-order valence-electron chi connectivity index (χ0n) is 14.6. The Bertz CT molecular complexity index is 835. The summed E-state index contributed by atoms with van der Waals surface area (Å²) in [7, 11) is 0. The molecule has 0 aliphatic rings. The van der Waals surface area contributed by atoms with Gasteiger partial charge in [0.25, 0.3) is 5.91 Å². The lowest BCUT2D eigenvalue weighted by Crippen LogP contribution is -2.35. The monoisotopic (exact) mass is 346 g/mol. The van der Waals surface area contributed by atoms with Crippen LogP contribution in [0.25, 0.3) is 11.1 Å². The van der Waals surface area contributed by atoms with Crippen LogP contribution in [-0.2, 0) is 6.42 Å². The highest BCUT2D eigenvalue weighted by atomic mass is 16.3. The molecule has 26 heavy (non-hydrogen) atoms. The van der Waals surface area contributed by atoms with Gasteiger partial charge < -0.3 is 10.0 Å². The van der Waals surface area contributed by atoms with E-state index in [0.717, 1.165) is 17.5 Å². The average Bonchev–Trinajstić information content (AvgIpc) is 2.72. The van der Waals surface area contributed by atoms with Gasteiger partial charge in [-0.3, -0.25) is 9.78 Å². The van der Waals surface area contributed by atoms with Crippen LogP contribution in [-0.4, -0.2) is 40.6 Å². The summed E-state index contributed by atoms with van der Waals surface area (Å²) in [5, 5.41) is 9.35. The number of aliphatic hydroxyl groups excluding tert-OH is 1. The van der Waals surface area contributed by atoms with Crippen molar-refractivity contribution >= 4 is 5.91 Å². The van der Waals surface area contributed by atoms with Gasteiger partial charge in [-0.1, -0.05) is 60.7 Å². The normalized spacial score (nSPS) is 10.5. The molecule has 1 amide bonds. The maximum Gasteiger partial charge on any atom is 0.255 e. The van der Waals surface area contributed by atoms with Crippen LogP contribution in [0.15, 0.2) is 79.1 Å². The summed E-state index contributed by atoms with van der Waals surface area (Å²) in [6.45, 7) is 0.798. The molecule has 3 rings (SSSR count). The highest BCUT2D eigenvalue weighted by molar-refractivity contribution is 5.95. The molecule has 0 radical (unpaired) electrons. The second-order valence-electron chi connectivity index (χ2n) is 6.08. The molecular weight excluding hydrogens is 324 g/mol. The Kier molecular flexibility index (Phi) is 6.12. The third-order valence-electron chi connectivity index (χ3n) is 4.26. The number of hydrogen-bond acceptors (Lipinski definition) is 3. The van der Waals surface area contributed by atoms with Gasteiger partial charge in [0.2, 0.25) is 0 Å². The number of carbonyl (C=O) groups is 1. The molecule has 4 heteroatoms. The zero-order chi connectivity index (χ0) is 18.2. The van der Waals surface area contributed by atoms with Gasteiger partial charge in [-0.25, -0.2) is 0 Å². The summed E-state index contributed by atoms with van der Waals surface area (Å²) in [6.07, 6.45) is 4.09. The fourth-order valence-electron chi connectivity index (χ4n) is 2.87. The number of carbonyl (C=O) groups excluding carboxylic acids is 1. The first kappa shape index (κ1) is 17.8. The van der Waals surface area contributed by atoms with Crippen molar-refractivity contribution in [3.05, 3.63) is 90.3 Å². The number of aliphatic hydroxyl groups is 1. The minimum atomic E-state index is -0.111. The zero-order valence-corrected chi connectivity index (χ0v) is 14.6. The lowest BCUT2D eigenvalue weighted by Gasteiger charge is -2.22. The van der Waals surface area contributed by atoms with E-state index in [-0.39, 0.29) is 12.5 Å². The largest absolute Gasteiger partial charge is 0.395 e. The van der Waals surface area contributed by atoms with Crippen molar-refractivity contribution < 1.29 is 9.90 Å². The van der Waals surface area contributed by atoms with E-state index >= 15 is 0 Å².